The fraction of sp³-hybridized carbons (Fsp3) is 0.571. The van der Waals surface area contributed by atoms with Gasteiger partial charge in [-0.15, -0.1) is 0 Å². The Morgan fingerprint density at radius 1 is 1.35 bits per heavy atom. The van der Waals surface area contributed by atoms with E-state index in [1.165, 1.54) is 0 Å². The maximum absolute atomic E-state index is 9.60. The molecule has 1 fully saturated rings. The molecule has 1 aromatic rings. The minimum Gasteiger partial charge on any atom is -0.462 e. The summed E-state index contributed by atoms with van der Waals surface area (Å²) in [5.41, 5.74) is -0.318. The molecule has 2 heterocycles. The lowest BCUT2D eigenvalue weighted by molar-refractivity contribution is -0.138. The van der Waals surface area contributed by atoms with Crippen molar-refractivity contribution in [2.24, 2.45) is 0 Å². The van der Waals surface area contributed by atoms with E-state index in [-0.39, 0.29) is 5.60 Å². The van der Waals surface area contributed by atoms with Crippen LogP contribution in [0.2, 0.25) is 5.02 Å². The van der Waals surface area contributed by atoms with Gasteiger partial charge >= 0.3 is 0 Å². The predicted octanol–water partition coefficient (Wildman–Crippen LogP) is 2.10. The van der Waals surface area contributed by atoms with Gasteiger partial charge in [0.25, 0.3) is 6.47 Å². The number of carbonyl (C=O) groups excluding carboxylic acids is 1. The number of hydrogen-bond acceptors (Lipinski definition) is 5. The first-order valence-electron chi connectivity index (χ1n) is 6.61. The maximum atomic E-state index is 9.60. The van der Waals surface area contributed by atoms with Crippen LogP contribution in [0.1, 0.15) is 20.8 Å². The molecule has 0 amide bonds. The Hall–Kier alpha value is -1.33. The third-order valence-corrected chi connectivity index (χ3v) is 2.78. The van der Waals surface area contributed by atoms with Crippen molar-refractivity contribution in [1.82, 2.24) is 10.3 Å². The van der Waals surface area contributed by atoms with Gasteiger partial charge in [-0.3, -0.25) is 4.79 Å². The van der Waals surface area contributed by atoms with Crippen molar-refractivity contribution >= 4 is 23.9 Å². The molecule has 0 radical (unpaired) electrons. The van der Waals surface area contributed by atoms with Gasteiger partial charge in [0.1, 0.15) is 11.4 Å². The number of nitrogens with zero attached hydrogens (tertiary/aromatic N) is 2. The van der Waals surface area contributed by atoms with Crippen molar-refractivity contribution < 1.29 is 9.53 Å². The summed E-state index contributed by atoms with van der Waals surface area (Å²) in [4.78, 5) is 16.1. The third-order valence-electron chi connectivity index (χ3n) is 2.55. The number of hydrogen-bond donors (Lipinski definition) is 1. The molecule has 0 bridgehead atoms. The Kier molecular flexibility index (Phi) is 6.75. The maximum Gasteiger partial charge on any atom is 0.293 e. The first kappa shape index (κ1) is 16.7. The fourth-order valence-electron chi connectivity index (χ4n) is 1.59. The molecule has 1 N–H and O–H groups in total. The van der Waals surface area contributed by atoms with E-state index >= 15 is 0 Å². The van der Waals surface area contributed by atoms with Crippen LogP contribution in [0.15, 0.2) is 18.3 Å². The minimum atomic E-state index is -0.318. The van der Waals surface area contributed by atoms with Gasteiger partial charge in [0.15, 0.2) is 0 Å². The second-order valence-corrected chi connectivity index (χ2v) is 5.83. The molecular formula is C14H22ClN3O2. The molecule has 6 heteroatoms. The average Bonchev–Trinajstić information content (AvgIpc) is 2.40. The van der Waals surface area contributed by atoms with Crippen molar-refractivity contribution in [3.8, 4) is 0 Å². The highest BCUT2D eigenvalue weighted by molar-refractivity contribution is 6.30. The zero-order chi connectivity index (χ0) is 15.0. The second kappa shape index (κ2) is 8.07. The molecule has 1 saturated heterocycles. The van der Waals surface area contributed by atoms with E-state index in [4.69, 9.17) is 11.6 Å². The summed E-state index contributed by atoms with van der Waals surface area (Å²) in [6.45, 7) is 10.0. The summed E-state index contributed by atoms with van der Waals surface area (Å²) in [6, 6.07) is 3.85. The van der Waals surface area contributed by atoms with Crippen LogP contribution in [0, 0.1) is 0 Å². The smallest absolute Gasteiger partial charge is 0.293 e. The van der Waals surface area contributed by atoms with E-state index in [9.17, 15) is 4.79 Å². The van der Waals surface area contributed by atoms with Crippen LogP contribution in [-0.4, -0.2) is 43.2 Å². The van der Waals surface area contributed by atoms with Crippen LogP contribution in [0.3, 0.4) is 0 Å². The number of rotatable bonds is 2. The molecular weight excluding hydrogens is 278 g/mol. The lowest BCUT2D eigenvalue weighted by Gasteiger charge is -2.28. The Balaban J connectivity index is 0.000000246. The highest BCUT2D eigenvalue weighted by Crippen LogP contribution is 2.14. The summed E-state index contributed by atoms with van der Waals surface area (Å²) < 4.78 is 4.55. The summed E-state index contributed by atoms with van der Waals surface area (Å²) in [5, 5.41) is 3.99. The van der Waals surface area contributed by atoms with Gasteiger partial charge in [-0.1, -0.05) is 11.6 Å². The van der Waals surface area contributed by atoms with Crippen LogP contribution >= 0.6 is 11.6 Å². The van der Waals surface area contributed by atoms with Crippen molar-refractivity contribution in [3.63, 3.8) is 0 Å². The van der Waals surface area contributed by atoms with Gasteiger partial charge in [0.05, 0.1) is 5.02 Å². The normalized spacial score (nSPS) is 15.1. The molecule has 0 atom stereocenters. The highest BCUT2D eigenvalue weighted by atomic mass is 35.5. The topological polar surface area (TPSA) is 54.5 Å². The molecule has 0 saturated carbocycles. The molecule has 1 aliphatic heterocycles. The molecule has 1 aromatic heterocycles. The summed E-state index contributed by atoms with van der Waals surface area (Å²) in [6.07, 6.45) is 1.69. The molecule has 0 spiro atoms. The van der Waals surface area contributed by atoms with Crippen LogP contribution < -0.4 is 10.2 Å². The van der Waals surface area contributed by atoms with Gasteiger partial charge < -0.3 is 15.0 Å². The lowest BCUT2D eigenvalue weighted by Crippen LogP contribution is -2.43. The minimum absolute atomic E-state index is 0.318. The van der Waals surface area contributed by atoms with Crippen LogP contribution in [0.4, 0.5) is 5.82 Å². The zero-order valence-corrected chi connectivity index (χ0v) is 13.0. The van der Waals surface area contributed by atoms with Crippen LogP contribution in [-0.2, 0) is 9.53 Å². The van der Waals surface area contributed by atoms with Gasteiger partial charge in [-0.25, -0.2) is 4.98 Å². The quantitative estimate of drug-likeness (QED) is 0.848. The van der Waals surface area contributed by atoms with E-state index in [0.29, 0.717) is 11.5 Å². The molecule has 112 valence electrons. The molecule has 0 unspecified atom stereocenters. The molecule has 2 rings (SSSR count). The Morgan fingerprint density at radius 2 is 2.00 bits per heavy atom. The number of aromatic nitrogens is 1. The molecule has 0 aliphatic carbocycles. The molecule has 20 heavy (non-hydrogen) atoms. The number of carbonyl (C=O) groups is 1. The lowest BCUT2D eigenvalue weighted by atomic mass is 10.2. The number of ether oxygens (including phenoxy) is 1. The zero-order valence-electron chi connectivity index (χ0n) is 12.2. The van der Waals surface area contributed by atoms with Gasteiger partial charge in [0.2, 0.25) is 0 Å². The first-order valence-corrected chi connectivity index (χ1v) is 6.99. The fourth-order valence-corrected chi connectivity index (χ4v) is 1.71. The van der Waals surface area contributed by atoms with Gasteiger partial charge in [0, 0.05) is 32.4 Å². The Morgan fingerprint density at radius 3 is 2.40 bits per heavy atom. The SMILES string of the molecule is CC(C)(C)OC=O.Clc1ccc(N2CCNCC2)nc1. The number of halogens is 1. The van der Waals surface area contributed by atoms with E-state index in [2.05, 4.69) is 19.9 Å². The van der Waals surface area contributed by atoms with Crippen molar-refractivity contribution in [2.75, 3.05) is 31.1 Å². The van der Waals surface area contributed by atoms with E-state index in [0.717, 1.165) is 32.0 Å². The molecule has 5 nitrogen and oxygen atoms in total. The Labute approximate surface area is 125 Å². The van der Waals surface area contributed by atoms with Gasteiger partial charge in [-0.2, -0.15) is 0 Å². The van der Waals surface area contributed by atoms with E-state index < -0.39 is 0 Å². The van der Waals surface area contributed by atoms with Crippen molar-refractivity contribution in [2.45, 2.75) is 26.4 Å². The Bertz CT molecular complexity index is 398. The summed E-state index contributed by atoms with van der Waals surface area (Å²) in [7, 11) is 0. The largest absolute Gasteiger partial charge is 0.462 e. The number of pyridine rings is 1. The number of nitrogens with one attached hydrogen (secondary N) is 1. The number of piperazine rings is 1. The first-order chi connectivity index (χ1) is 9.42. The summed E-state index contributed by atoms with van der Waals surface area (Å²) >= 11 is 5.76. The van der Waals surface area contributed by atoms with Crippen molar-refractivity contribution in [3.05, 3.63) is 23.4 Å². The van der Waals surface area contributed by atoms with Gasteiger partial charge in [-0.05, 0) is 32.9 Å². The molecule has 0 aromatic carbocycles. The predicted molar refractivity (Wildman–Crippen MR) is 81.2 cm³/mol. The third kappa shape index (κ3) is 6.73. The summed E-state index contributed by atoms with van der Waals surface area (Å²) in [5.74, 6) is 1.02. The highest BCUT2D eigenvalue weighted by Gasteiger charge is 2.10. The van der Waals surface area contributed by atoms with E-state index in [1.54, 1.807) is 6.20 Å². The average molecular weight is 300 g/mol. The monoisotopic (exact) mass is 299 g/mol. The van der Waals surface area contributed by atoms with Crippen LogP contribution in [0.5, 0.6) is 0 Å². The van der Waals surface area contributed by atoms with Crippen molar-refractivity contribution in [1.29, 1.82) is 0 Å². The van der Waals surface area contributed by atoms with Crippen LogP contribution in [0.25, 0.3) is 0 Å². The van der Waals surface area contributed by atoms with E-state index in [1.807, 2.05) is 32.9 Å². The number of anilines is 1. The standard InChI is InChI=1S/C9H12ClN3.C5H10O2/c10-8-1-2-9(12-7-8)13-5-3-11-4-6-13;1-5(2,3)7-4-6/h1-2,7,11H,3-6H2;4H,1-3H3. The second-order valence-electron chi connectivity index (χ2n) is 5.40. The molecule has 1 aliphatic rings.